The number of methoxy groups -OCH3 is 1. The summed E-state index contributed by atoms with van der Waals surface area (Å²) >= 11 is 0. The molecule has 0 bridgehead atoms. The third-order valence-corrected chi connectivity index (χ3v) is 7.05. The molecule has 2 aliphatic rings. The number of fused-ring (bicyclic) bond motifs is 2. The zero-order chi connectivity index (χ0) is 21.9. The Kier molecular flexibility index (Phi) is 6.08. The van der Waals surface area contributed by atoms with Crippen molar-refractivity contribution in [2.45, 2.75) is 63.2 Å². The third kappa shape index (κ3) is 4.49. The topological polar surface area (TPSA) is 54.5 Å². The number of rotatable bonds is 5. The molecule has 32 heavy (non-hydrogen) atoms. The van der Waals surface area contributed by atoms with Crippen LogP contribution in [0.15, 0.2) is 60.8 Å². The van der Waals surface area contributed by atoms with E-state index >= 15 is 0 Å². The summed E-state index contributed by atoms with van der Waals surface area (Å²) in [6, 6.07) is 20.1. The summed E-state index contributed by atoms with van der Waals surface area (Å²) in [4.78, 5) is 19.5. The zero-order valence-electron chi connectivity index (χ0n) is 18.7. The molecule has 2 saturated heterocycles. The van der Waals surface area contributed by atoms with Crippen molar-refractivity contribution >= 4 is 16.8 Å². The summed E-state index contributed by atoms with van der Waals surface area (Å²) in [6.45, 7) is 0.892. The van der Waals surface area contributed by atoms with Crippen molar-refractivity contribution in [3.05, 3.63) is 71.9 Å². The number of carbonyl (C=O) groups is 1. The van der Waals surface area contributed by atoms with Gasteiger partial charge in [-0.3, -0.25) is 14.7 Å². The van der Waals surface area contributed by atoms with Crippen molar-refractivity contribution in [2.24, 2.45) is 0 Å². The number of pyridine rings is 1. The molecule has 5 nitrogen and oxygen atoms in total. The quantitative estimate of drug-likeness (QED) is 0.649. The van der Waals surface area contributed by atoms with E-state index in [0.717, 1.165) is 49.9 Å². The first kappa shape index (κ1) is 21.0. The number of nitrogens with zero attached hydrogens (tertiary/aromatic N) is 2. The highest BCUT2D eigenvalue weighted by molar-refractivity contribution is 5.79. The van der Waals surface area contributed by atoms with Gasteiger partial charge in [0.2, 0.25) is 5.91 Å². The van der Waals surface area contributed by atoms with Crippen LogP contribution in [0.3, 0.4) is 0 Å². The second kappa shape index (κ2) is 9.29. The van der Waals surface area contributed by atoms with E-state index in [2.05, 4.69) is 51.6 Å². The minimum absolute atomic E-state index is 0.210. The predicted octanol–water partition coefficient (Wildman–Crippen LogP) is 4.49. The van der Waals surface area contributed by atoms with Gasteiger partial charge in [0.25, 0.3) is 0 Å². The lowest BCUT2D eigenvalue weighted by atomic mass is 9.97. The second-order valence-electron chi connectivity index (χ2n) is 9.13. The van der Waals surface area contributed by atoms with E-state index < -0.39 is 0 Å². The van der Waals surface area contributed by atoms with Crippen molar-refractivity contribution in [3.8, 4) is 5.75 Å². The van der Waals surface area contributed by atoms with Gasteiger partial charge in [-0.25, -0.2) is 0 Å². The summed E-state index contributed by atoms with van der Waals surface area (Å²) in [6.07, 6.45) is 7.70. The molecule has 2 fully saturated rings. The van der Waals surface area contributed by atoms with Crippen LogP contribution in [0.1, 0.15) is 43.2 Å². The van der Waals surface area contributed by atoms with Crippen LogP contribution in [-0.2, 0) is 17.8 Å². The van der Waals surface area contributed by atoms with E-state index in [1.807, 2.05) is 24.4 Å². The van der Waals surface area contributed by atoms with Gasteiger partial charge in [0, 0.05) is 42.7 Å². The molecule has 5 rings (SSSR count). The molecule has 0 aliphatic carbocycles. The Morgan fingerprint density at radius 2 is 1.94 bits per heavy atom. The van der Waals surface area contributed by atoms with Gasteiger partial charge >= 0.3 is 0 Å². The van der Waals surface area contributed by atoms with E-state index in [-0.39, 0.29) is 11.9 Å². The molecular formula is C27H31N3O2. The van der Waals surface area contributed by atoms with Gasteiger partial charge < -0.3 is 10.1 Å². The van der Waals surface area contributed by atoms with Crippen LogP contribution in [0.5, 0.6) is 5.75 Å². The molecule has 0 saturated carbocycles. The van der Waals surface area contributed by atoms with Crippen LogP contribution in [0.25, 0.3) is 10.9 Å². The van der Waals surface area contributed by atoms with Gasteiger partial charge in [-0.1, -0.05) is 30.7 Å². The molecule has 3 atom stereocenters. The molecule has 0 radical (unpaired) electrons. The summed E-state index contributed by atoms with van der Waals surface area (Å²) < 4.78 is 5.33. The normalized spacial score (nSPS) is 23.9. The molecule has 166 valence electrons. The summed E-state index contributed by atoms with van der Waals surface area (Å²) in [5.41, 5.74) is 3.65. The van der Waals surface area contributed by atoms with E-state index in [9.17, 15) is 4.79 Å². The Morgan fingerprint density at radius 1 is 1.09 bits per heavy atom. The predicted molar refractivity (Wildman–Crippen MR) is 127 cm³/mol. The highest BCUT2D eigenvalue weighted by Gasteiger charge is 2.41. The first-order valence-corrected chi connectivity index (χ1v) is 11.7. The average Bonchev–Trinajstić information content (AvgIpc) is 3.10. The van der Waals surface area contributed by atoms with Gasteiger partial charge in [0.05, 0.1) is 12.6 Å². The number of hydrogen-bond acceptors (Lipinski definition) is 4. The molecule has 0 unspecified atom stereocenters. The first-order chi connectivity index (χ1) is 15.7. The SMILES string of the molecule is COc1ccc(C[C@@H]2C[C@@H]3NC(=O)CCCC[C@H]3N2Cc2ccc3ncccc3c2)cc1. The van der Waals surface area contributed by atoms with Gasteiger partial charge in [-0.15, -0.1) is 0 Å². The monoisotopic (exact) mass is 429 g/mol. The van der Waals surface area contributed by atoms with Gasteiger partial charge in [0.1, 0.15) is 5.75 Å². The Labute approximate surface area is 189 Å². The van der Waals surface area contributed by atoms with Crippen LogP contribution in [0.4, 0.5) is 0 Å². The first-order valence-electron chi connectivity index (χ1n) is 11.7. The molecule has 2 aliphatic heterocycles. The van der Waals surface area contributed by atoms with Gasteiger partial charge in [-0.2, -0.15) is 0 Å². The van der Waals surface area contributed by atoms with Gasteiger partial charge in [-0.05, 0) is 67.1 Å². The molecular weight excluding hydrogens is 398 g/mol. The van der Waals surface area contributed by atoms with Crippen LogP contribution < -0.4 is 10.1 Å². The van der Waals surface area contributed by atoms with Crippen LogP contribution in [-0.4, -0.2) is 41.0 Å². The van der Waals surface area contributed by atoms with Crippen LogP contribution in [0.2, 0.25) is 0 Å². The maximum Gasteiger partial charge on any atom is 0.220 e. The molecule has 2 aromatic carbocycles. The highest BCUT2D eigenvalue weighted by Crippen LogP contribution is 2.34. The second-order valence-corrected chi connectivity index (χ2v) is 9.13. The molecule has 3 aromatic rings. The molecule has 1 N–H and O–H groups in total. The molecule has 5 heteroatoms. The number of likely N-dealkylation sites (tertiary alicyclic amines) is 1. The van der Waals surface area contributed by atoms with Gasteiger partial charge in [0.15, 0.2) is 0 Å². The maximum atomic E-state index is 12.4. The largest absolute Gasteiger partial charge is 0.497 e. The minimum Gasteiger partial charge on any atom is -0.497 e. The molecule has 1 amide bonds. The number of hydrogen-bond donors (Lipinski definition) is 1. The van der Waals surface area contributed by atoms with Crippen molar-refractivity contribution in [1.29, 1.82) is 0 Å². The number of nitrogens with one attached hydrogen (secondary N) is 1. The van der Waals surface area contributed by atoms with Crippen molar-refractivity contribution in [3.63, 3.8) is 0 Å². The minimum atomic E-state index is 0.210. The molecule has 0 spiro atoms. The van der Waals surface area contributed by atoms with Crippen molar-refractivity contribution < 1.29 is 9.53 Å². The summed E-state index contributed by atoms with van der Waals surface area (Å²) in [7, 11) is 1.70. The van der Waals surface area contributed by atoms with Crippen molar-refractivity contribution in [1.82, 2.24) is 15.2 Å². The fourth-order valence-corrected chi connectivity index (χ4v) is 5.44. The number of ether oxygens (including phenoxy) is 1. The standard InChI is InChI=1S/C27H31N3O2/c1-32-23-11-8-19(9-12-23)16-22-17-25-26(6-2-3-7-27(31)29-25)30(22)18-20-10-13-24-21(15-20)5-4-14-28-24/h4-5,8-15,22,25-26H,2-3,6-7,16-18H2,1H3,(H,29,31)/t22-,25+,26-/m1/s1. The number of carbonyl (C=O) groups excluding carboxylic acids is 1. The van der Waals surface area contributed by atoms with Crippen LogP contribution in [0, 0.1) is 0 Å². The average molecular weight is 430 g/mol. The smallest absolute Gasteiger partial charge is 0.220 e. The fourth-order valence-electron chi connectivity index (χ4n) is 5.44. The lowest BCUT2D eigenvalue weighted by Gasteiger charge is -2.33. The van der Waals surface area contributed by atoms with Crippen LogP contribution >= 0.6 is 0 Å². The summed E-state index contributed by atoms with van der Waals surface area (Å²) in [5.74, 6) is 1.09. The van der Waals surface area contributed by atoms with E-state index in [1.54, 1.807) is 7.11 Å². The molecule has 3 heterocycles. The lowest BCUT2D eigenvalue weighted by molar-refractivity contribution is -0.122. The Hall–Kier alpha value is -2.92. The summed E-state index contributed by atoms with van der Waals surface area (Å²) in [5, 5.41) is 4.53. The number of aromatic nitrogens is 1. The fraction of sp³-hybridized carbons (Fsp3) is 0.407. The molecule has 1 aromatic heterocycles. The number of amides is 1. The van der Waals surface area contributed by atoms with E-state index in [0.29, 0.717) is 18.5 Å². The number of benzene rings is 2. The van der Waals surface area contributed by atoms with E-state index in [1.165, 1.54) is 16.5 Å². The third-order valence-electron chi connectivity index (χ3n) is 7.05. The zero-order valence-corrected chi connectivity index (χ0v) is 18.7. The maximum absolute atomic E-state index is 12.4. The Morgan fingerprint density at radius 3 is 2.78 bits per heavy atom. The Bertz CT molecular complexity index is 1080. The highest BCUT2D eigenvalue weighted by atomic mass is 16.5. The lowest BCUT2D eigenvalue weighted by Crippen LogP contribution is -2.46. The van der Waals surface area contributed by atoms with E-state index in [4.69, 9.17) is 4.74 Å². The van der Waals surface area contributed by atoms with Crippen molar-refractivity contribution in [2.75, 3.05) is 7.11 Å². The Balaban J connectivity index is 1.42.